The van der Waals surface area contributed by atoms with E-state index in [2.05, 4.69) is 23.9 Å². The van der Waals surface area contributed by atoms with E-state index >= 15 is 0 Å². The molecule has 1 aromatic carbocycles. The van der Waals surface area contributed by atoms with Crippen LogP contribution in [0.5, 0.6) is 0 Å². The van der Waals surface area contributed by atoms with Crippen LogP contribution < -0.4 is 0 Å². The lowest BCUT2D eigenvalue weighted by Gasteiger charge is -2.40. The van der Waals surface area contributed by atoms with E-state index in [4.69, 9.17) is 26.6 Å². The molecule has 7 nitrogen and oxygen atoms in total. The van der Waals surface area contributed by atoms with Crippen molar-refractivity contribution >= 4 is 17.8 Å². The Bertz CT molecular complexity index is 715. The fourth-order valence-electron chi connectivity index (χ4n) is 3.62. The van der Waals surface area contributed by atoms with Crippen molar-refractivity contribution in [3.05, 3.63) is 47.5 Å². The molecule has 26 heavy (non-hydrogen) atoms. The third-order valence-corrected chi connectivity index (χ3v) is 5.48. The van der Waals surface area contributed by atoms with Crippen LogP contribution in [0.1, 0.15) is 32.3 Å². The molecule has 8 heteroatoms. The first-order valence-electron chi connectivity index (χ1n) is 8.35. The van der Waals surface area contributed by atoms with E-state index < -0.39 is 11.8 Å². The van der Waals surface area contributed by atoms with Gasteiger partial charge in [0.05, 0.1) is 12.1 Å². The summed E-state index contributed by atoms with van der Waals surface area (Å²) >= 11 is 5.96. The minimum atomic E-state index is -1.83. The normalized spacial score (nSPS) is 23.9. The number of rotatable bonds is 4. The summed E-state index contributed by atoms with van der Waals surface area (Å²) in [5.41, 5.74) is 0.278. The topological polar surface area (TPSA) is 108 Å². The molecule has 0 bridgehead atoms. The first-order chi connectivity index (χ1) is 12.1. The van der Waals surface area contributed by atoms with Gasteiger partial charge in [-0.2, -0.15) is 5.10 Å². The Kier molecular flexibility index (Phi) is 6.26. The molecular formula is C18H24ClN3O4. The van der Waals surface area contributed by atoms with Crippen LogP contribution >= 0.6 is 11.6 Å². The molecule has 0 radical (unpaired) electrons. The predicted octanol–water partition coefficient (Wildman–Crippen LogP) is 3.56. The van der Waals surface area contributed by atoms with E-state index in [9.17, 15) is 5.11 Å². The summed E-state index contributed by atoms with van der Waals surface area (Å²) in [5, 5.41) is 30.3. The second kappa shape index (κ2) is 8.05. The van der Waals surface area contributed by atoms with Crippen molar-refractivity contribution in [2.45, 2.75) is 45.3 Å². The molecule has 0 saturated heterocycles. The number of hydrogen-bond acceptors (Lipinski definition) is 4. The molecule has 2 unspecified atom stereocenters. The molecule has 2 atom stereocenters. The quantitative estimate of drug-likeness (QED) is 0.747. The van der Waals surface area contributed by atoms with Crippen molar-refractivity contribution in [2.24, 2.45) is 11.3 Å². The van der Waals surface area contributed by atoms with E-state index in [-0.39, 0.29) is 11.3 Å². The second-order valence-electron chi connectivity index (χ2n) is 7.25. The maximum absolute atomic E-state index is 11.5. The maximum Gasteiger partial charge on any atom is 0.503 e. The van der Waals surface area contributed by atoms with Crippen molar-refractivity contribution in [2.75, 3.05) is 0 Å². The van der Waals surface area contributed by atoms with Crippen LogP contribution in [0.15, 0.2) is 36.9 Å². The van der Waals surface area contributed by atoms with E-state index in [1.807, 2.05) is 24.3 Å². The van der Waals surface area contributed by atoms with Gasteiger partial charge in [0.15, 0.2) is 0 Å². The molecule has 1 aliphatic rings. The minimum Gasteiger partial charge on any atom is -0.450 e. The molecule has 1 fully saturated rings. The predicted molar refractivity (Wildman–Crippen MR) is 97.3 cm³/mol. The van der Waals surface area contributed by atoms with Gasteiger partial charge in [0.1, 0.15) is 12.7 Å². The lowest BCUT2D eigenvalue weighted by Crippen LogP contribution is -2.49. The van der Waals surface area contributed by atoms with Crippen LogP contribution in [0.3, 0.4) is 0 Å². The number of aliphatic hydroxyl groups is 1. The summed E-state index contributed by atoms with van der Waals surface area (Å²) < 4.78 is 1.74. The van der Waals surface area contributed by atoms with Crippen LogP contribution in [-0.4, -0.2) is 41.8 Å². The Morgan fingerprint density at radius 3 is 2.46 bits per heavy atom. The molecule has 1 aromatic heterocycles. The van der Waals surface area contributed by atoms with Gasteiger partial charge >= 0.3 is 6.16 Å². The van der Waals surface area contributed by atoms with Gasteiger partial charge in [0, 0.05) is 5.02 Å². The molecule has 1 aliphatic carbocycles. The zero-order valence-electron chi connectivity index (χ0n) is 14.8. The van der Waals surface area contributed by atoms with Gasteiger partial charge in [-0.15, -0.1) is 0 Å². The molecule has 2 aromatic rings. The molecule has 1 heterocycles. The Hall–Kier alpha value is -2.12. The van der Waals surface area contributed by atoms with Crippen molar-refractivity contribution in [3.63, 3.8) is 0 Å². The molecule has 3 N–H and O–H groups in total. The summed E-state index contributed by atoms with van der Waals surface area (Å²) in [6.07, 6.45) is 4.23. The standard InChI is InChI=1S/C17H22ClN3O.CH2O3/c1-16(2)8-7-14(9-13-3-5-15(18)6-4-13)17(16,22)10-21-12-19-11-20-21;2-1(3)4/h3-6,11-12,14,22H,7-10H2,1-2H3;(H2,2,3,4). The summed E-state index contributed by atoms with van der Waals surface area (Å²) in [7, 11) is 0. The number of carboxylic acid groups (broad SMARTS) is 2. The SMILES string of the molecule is CC1(C)CCC(Cc2ccc(Cl)cc2)C1(O)Cn1cncn1.O=C(O)O. The van der Waals surface area contributed by atoms with Crippen LogP contribution in [0, 0.1) is 11.3 Å². The maximum atomic E-state index is 11.5. The molecule has 142 valence electrons. The Labute approximate surface area is 157 Å². The highest BCUT2D eigenvalue weighted by Crippen LogP contribution is 2.51. The van der Waals surface area contributed by atoms with Gasteiger partial charge in [-0.25, -0.2) is 9.78 Å². The second-order valence-corrected chi connectivity index (χ2v) is 7.69. The van der Waals surface area contributed by atoms with E-state index in [0.717, 1.165) is 24.3 Å². The average Bonchev–Trinajstić information content (AvgIpc) is 3.11. The average molecular weight is 382 g/mol. The van der Waals surface area contributed by atoms with E-state index in [1.165, 1.54) is 11.9 Å². The fraction of sp³-hybridized carbons (Fsp3) is 0.500. The first-order valence-corrected chi connectivity index (χ1v) is 8.73. The molecule has 0 amide bonds. The molecule has 0 spiro atoms. The van der Waals surface area contributed by atoms with Crippen molar-refractivity contribution < 1.29 is 20.1 Å². The van der Waals surface area contributed by atoms with Crippen LogP contribution in [0.25, 0.3) is 0 Å². The lowest BCUT2D eigenvalue weighted by atomic mass is 9.72. The fourth-order valence-corrected chi connectivity index (χ4v) is 3.75. The Morgan fingerprint density at radius 2 is 1.92 bits per heavy atom. The first kappa shape index (κ1) is 20.2. The third-order valence-electron chi connectivity index (χ3n) is 5.23. The number of benzene rings is 1. The smallest absolute Gasteiger partial charge is 0.450 e. The highest BCUT2D eigenvalue weighted by Gasteiger charge is 2.54. The van der Waals surface area contributed by atoms with Crippen LogP contribution in [0.2, 0.25) is 5.02 Å². The number of hydrogen-bond donors (Lipinski definition) is 3. The monoisotopic (exact) mass is 381 g/mol. The summed E-state index contributed by atoms with van der Waals surface area (Å²) in [5.74, 6) is 0.202. The van der Waals surface area contributed by atoms with Gasteiger partial charge in [0.2, 0.25) is 0 Å². The molecule has 0 aliphatic heterocycles. The Balaban J connectivity index is 0.000000552. The van der Waals surface area contributed by atoms with Gasteiger partial charge in [-0.1, -0.05) is 37.6 Å². The van der Waals surface area contributed by atoms with Gasteiger partial charge in [-0.3, -0.25) is 4.68 Å². The lowest BCUT2D eigenvalue weighted by molar-refractivity contribution is -0.0907. The summed E-state index contributed by atoms with van der Waals surface area (Å²) in [6, 6.07) is 7.91. The Morgan fingerprint density at radius 1 is 1.31 bits per heavy atom. The molecule has 3 rings (SSSR count). The zero-order chi connectivity index (χ0) is 19.4. The van der Waals surface area contributed by atoms with Crippen molar-refractivity contribution in [3.8, 4) is 0 Å². The molecule has 1 saturated carbocycles. The van der Waals surface area contributed by atoms with Gasteiger partial charge in [-0.05, 0) is 48.3 Å². The zero-order valence-corrected chi connectivity index (χ0v) is 15.6. The number of aromatic nitrogens is 3. The minimum absolute atomic E-state index is 0.143. The number of halogens is 1. The van der Waals surface area contributed by atoms with Crippen molar-refractivity contribution in [1.29, 1.82) is 0 Å². The summed E-state index contributed by atoms with van der Waals surface area (Å²) in [6.45, 7) is 4.77. The summed E-state index contributed by atoms with van der Waals surface area (Å²) in [4.78, 5) is 12.5. The largest absolute Gasteiger partial charge is 0.503 e. The third kappa shape index (κ3) is 4.74. The highest BCUT2D eigenvalue weighted by molar-refractivity contribution is 6.30. The van der Waals surface area contributed by atoms with Crippen LogP contribution in [-0.2, 0) is 13.0 Å². The number of nitrogens with zero attached hydrogens (tertiary/aromatic N) is 3. The van der Waals surface area contributed by atoms with Gasteiger partial charge in [0.25, 0.3) is 0 Å². The van der Waals surface area contributed by atoms with Crippen LogP contribution in [0.4, 0.5) is 4.79 Å². The highest BCUT2D eigenvalue weighted by atomic mass is 35.5. The van der Waals surface area contributed by atoms with Gasteiger partial charge < -0.3 is 15.3 Å². The van der Waals surface area contributed by atoms with Crippen molar-refractivity contribution in [1.82, 2.24) is 14.8 Å². The van der Waals surface area contributed by atoms with E-state index in [1.54, 1.807) is 11.0 Å². The van der Waals surface area contributed by atoms with E-state index in [0.29, 0.717) is 6.54 Å². The molecular weight excluding hydrogens is 358 g/mol. The number of carbonyl (C=O) groups is 1.